The quantitative estimate of drug-likeness (QED) is 0.748. The Balaban J connectivity index is 1.45. The highest BCUT2D eigenvalue weighted by Crippen LogP contribution is 2.54. The predicted molar refractivity (Wildman–Crippen MR) is 70.0 cm³/mol. The predicted octanol–water partition coefficient (Wildman–Crippen LogP) is 2.25. The molecule has 4 rings (SSSR count). The van der Waals surface area contributed by atoms with Gasteiger partial charge in [-0.1, -0.05) is 19.3 Å². The van der Waals surface area contributed by atoms with Crippen LogP contribution >= 0.6 is 0 Å². The summed E-state index contributed by atoms with van der Waals surface area (Å²) in [6.45, 7) is 5.40. The fourth-order valence-electron chi connectivity index (χ4n) is 5.24. The van der Waals surface area contributed by atoms with Gasteiger partial charge in [0.15, 0.2) is 0 Å². The maximum atomic E-state index is 3.56. The highest BCUT2D eigenvalue weighted by molar-refractivity contribution is 5.06. The van der Waals surface area contributed by atoms with Gasteiger partial charge in [-0.2, -0.15) is 0 Å². The first-order valence-corrected chi connectivity index (χ1v) is 7.82. The fourth-order valence-corrected chi connectivity index (χ4v) is 5.24. The van der Waals surface area contributed by atoms with Crippen molar-refractivity contribution in [2.45, 2.75) is 51.0 Å². The van der Waals surface area contributed by atoms with Crippen LogP contribution in [0.1, 0.15) is 44.9 Å². The number of fused-ring (bicyclic) bond motifs is 1. The van der Waals surface area contributed by atoms with Crippen molar-refractivity contribution in [1.29, 1.82) is 0 Å². The lowest BCUT2D eigenvalue weighted by Crippen LogP contribution is -2.55. The van der Waals surface area contributed by atoms with Gasteiger partial charge in [-0.05, 0) is 56.0 Å². The van der Waals surface area contributed by atoms with Crippen LogP contribution in [-0.4, -0.2) is 37.1 Å². The number of hydrogen-bond donors (Lipinski definition) is 1. The van der Waals surface area contributed by atoms with Crippen LogP contribution in [0.15, 0.2) is 0 Å². The number of nitrogens with one attached hydrogen (secondary N) is 1. The van der Waals surface area contributed by atoms with E-state index in [1.807, 2.05) is 0 Å². The SMILES string of the molecule is C1CCC2(CC1)CCC2N1CC2CNCC2C1. The van der Waals surface area contributed by atoms with Gasteiger partial charge in [0.2, 0.25) is 0 Å². The monoisotopic (exact) mass is 234 g/mol. The summed E-state index contributed by atoms with van der Waals surface area (Å²) >= 11 is 0. The molecule has 2 saturated heterocycles. The van der Waals surface area contributed by atoms with Gasteiger partial charge in [0, 0.05) is 19.1 Å². The zero-order valence-electron chi connectivity index (χ0n) is 11.0. The van der Waals surface area contributed by atoms with Crippen LogP contribution in [0.3, 0.4) is 0 Å². The van der Waals surface area contributed by atoms with Gasteiger partial charge in [-0.3, -0.25) is 4.90 Å². The van der Waals surface area contributed by atoms with Crippen molar-refractivity contribution in [1.82, 2.24) is 10.2 Å². The number of likely N-dealkylation sites (tertiary alicyclic amines) is 1. The van der Waals surface area contributed by atoms with Crippen molar-refractivity contribution in [3.05, 3.63) is 0 Å². The molecule has 2 aliphatic heterocycles. The summed E-state index contributed by atoms with van der Waals surface area (Å²) in [6.07, 6.45) is 10.7. The zero-order valence-corrected chi connectivity index (χ0v) is 11.0. The molecular weight excluding hydrogens is 208 g/mol. The van der Waals surface area contributed by atoms with E-state index < -0.39 is 0 Å². The molecule has 2 aliphatic carbocycles. The van der Waals surface area contributed by atoms with Crippen molar-refractivity contribution >= 4 is 0 Å². The molecule has 2 saturated carbocycles. The molecule has 4 fully saturated rings. The van der Waals surface area contributed by atoms with Crippen LogP contribution in [-0.2, 0) is 0 Å². The number of hydrogen-bond acceptors (Lipinski definition) is 2. The van der Waals surface area contributed by atoms with E-state index in [2.05, 4.69) is 10.2 Å². The normalized spacial score (nSPS) is 44.8. The average Bonchev–Trinajstić information content (AvgIpc) is 2.89. The molecule has 2 heteroatoms. The van der Waals surface area contributed by atoms with Crippen LogP contribution in [0.4, 0.5) is 0 Å². The first kappa shape index (κ1) is 10.8. The Morgan fingerprint density at radius 1 is 0.882 bits per heavy atom. The molecule has 17 heavy (non-hydrogen) atoms. The topological polar surface area (TPSA) is 15.3 Å². The van der Waals surface area contributed by atoms with Crippen molar-refractivity contribution < 1.29 is 0 Å². The highest BCUT2D eigenvalue weighted by atomic mass is 15.2. The molecule has 3 atom stereocenters. The first-order valence-electron chi connectivity index (χ1n) is 7.82. The van der Waals surface area contributed by atoms with Crippen LogP contribution in [0.5, 0.6) is 0 Å². The van der Waals surface area contributed by atoms with E-state index in [1.54, 1.807) is 19.3 Å². The standard InChI is InChI=1S/C15H26N2/c1-2-5-15(6-3-1)7-4-14(15)17-10-12-8-16-9-13(12)11-17/h12-14,16H,1-11H2. The van der Waals surface area contributed by atoms with Gasteiger partial charge in [-0.15, -0.1) is 0 Å². The third-order valence-electron chi connectivity index (χ3n) is 6.33. The van der Waals surface area contributed by atoms with E-state index in [-0.39, 0.29) is 0 Å². The van der Waals surface area contributed by atoms with Crippen LogP contribution in [0, 0.1) is 17.3 Å². The van der Waals surface area contributed by atoms with Crippen LogP contribution in [0.25, 0.3) is 0 Å². The Hall–Kier alpha value is -0.0800. The molecule has 2 heterocycles. The molecule has 0 radical (unpaired) electrons. The largest absolute Gasteiger partial charge is 0.316 e. The maximum Gasteiger partial charge on any atom is 0.0152 e. The summed E-state index contributed by atoms with van der Waals surface area (Å²) in [5.41, 5.74) is 0.782. The Morgan fingerprint density at radius 3 is 2.18 bits per heavy atom. The maximum absolute atomic E-state index is 3.56. The van der Waals surface area contributed by atoms with E-state index >= 15 is 0 Å². The van der Waals surface area contributed by atoms with Crippen LogP contribution in [0.2, 0.25) is 0 Å². The Bertz CT molecular complexity index is 283. The second-order valence-electron chi connectivity index (χ2n) is 7.11. The molecule has 0 amide bonds. The van der Waals surface area contributed by atoms with Crippen molar-refractivity contribution in [2.24, 2.45) is 17.3 Å². The van der Waals surface area contributed by atoms with Gasteiger partial charge in [0.1, 0.15) is 0 Å². The molecule has 4 aliphatic rings. The molecule has 0 aromatic carbocycles. The van der Waals surface area contributed by atoms with Crippen molar-refractivity contribution in [2.75, 3.05) is 26.2 Å². The fraction of sp³-hybridized carbons (Fsp3) is 1.00. The highest BCUT2D eigenvalue weighted by Gasteiger charge is 2.52. The van der Waals surface area contributed by atoms with Gasteiger partial charge in [-0.25, -0.2) is 0 Å². The molecule has 0 aromatic rings. The lowest BCUT2D eigenvalue weighted by Gasteiger charge is -2.56. The number of rotatable bonds is 1. The third kappa shape index (κ3) is 1.60. The summed E-state index contributed by atoms with van der Waals surface area (Å²) in [5, 5.41) is 3.56. The van der Waals surface area contributed by atoms with E-state index in [9.17, 15) is 0 Å². The van der Waals surface area contributed by atoms with Crippen molar-refractivity contribution in [3.63, 3.8) is 0 Å². The minimum absolute atomic E-state index is 0.782. The zero-order chi connectivity index (χ0) is 11.3. The summed E-state index contributed by atoms with van der Waals surface area (Å²) < 4.78 is 0. The Morgan fingerprint density at radius 2 is 1.59 bits per heavy atom. The smallest absolute Gasteiger partial charge is 0.0152 e. The van der Waals surface area contributed by atoms with Gasteiger partial charge in [0.05, 0.1) is 0 Å². The van der Waals surface area contributed by atoms with E-state index in [0.717, 1.165) is 23.3 Å². The minimum Gasteiger partial charge on any atom is -0.316 e. The second kappa shape index (κ2) is 3.96. The summed E-state index contributed by atoms with van der Waals surface area (Å²) in [5.74, 6) is 1.97. The molecule has 1 N–H and O–H groups in total. The third-order valence-corrected chi connectivity index (χ3v) is 6.33. The lowest BCUT2D eigenvalue weighted by molar-refractivity contribution is -0.0459. The molecule has 96 valence electrons. The lowest BCUT2D eigenvalue weighted by atomic mass is 9.57. The Kier molecular flexibility index (Phi) is 2.52. The summed E-state index contributed by atoms with van der Waals surface area (Å²) in [4.78, 5) is 2.89. The molecule has 2 nitrogen and oxygen atoms in total. The molecular formula is C15H26N2. The van der Waals surface area contributed by atoms with Gasteiger partial charge in [0.25, 0.3) is 0 Å². The summed E-state index contributed by atoms with van der Waals surface area (Å²) in [7, 11) is 0. The van der Waals surface area contributed by atoms with E-state index in [4.69, 9.17) is 0 Å². The molecule has 0 bridgehead atoms. The molecule has 3 unspecified atom stereocenters. The second-order valence-corrected chi connectivity index (χ2v) is 7.11. The van der Waals surface area contributed by atoms with Gasteiger partial charge < -0.3 is 5.32 Å². The first-order chi connectivity index (χ1) is 8.37. The molecule has 1 spiro atoms. The van der Waals surface area contributed by atoms with E-state index in [1.165, 1.54) is 51.9 Å². The Labute approximate surface area is 105 Å². The van der Waals surface area contributed by atoms with E-state index in [0.29, 0.717) is 0 Å². The van der Waals surface area contributed by atoms with Gasteiger partial charge >= 0.3 is 0 Å². The number of nitrogens with zero attached hydrogens (tertiary/aromatic N) is 1. The average molecular weight is 234 g/mol. The van der Waals surface area contributed by atoms with Crippen molar-refractivity contribution in [3.8, 4) is 0 Å². The van der Waals surface area contributed by atoms with Crippen LogP contribution < -0.4 is 5.32 Å². The summed E-state index contributed by atoms with van der Waals surface area (Å²) in [6, 6.07) is 0.980. The molecule has 0 aromatic heterocycles. The minimum atomic E-state index is 0.782.